The predicted molar refractivity (Wildman–Crippen MR) is 132 cm³/mol. The van der Waals surface area contributed by atoms with Crippen molar-refractivity contribution in [2.24, 2.45) is 11.8 Å². The number of likely N-dealkylation sites (tertiary alicyclic amines) is 1. The summed E-state index contributed by atoms with van der Waals surface area (Å²) in [6.07, 6.45) is 11.4. The Morgan fingerprint density at radius 1 is 1.00 bits per heavy atom. The van der Waals surface area contributed by atoms with Gasteiger partial charge in [0.1, 0.15) is 11.6 Å². The smallest absolute Gasteiger partial charge is 0.249 e. The van der Waals surface area contributed by atoms with Crippen molar-refractivity contribution in [2.45, 2.75) is 83.1 Å². The summed E-state index contributed by atoms with van der Waals surface area (Å²) in [6, 6.07) is -0.824. The molecule has 8 nitrogen and oxygen atoms in total. The summed E-state index contributed by atoms with van der Waals surface area (Å²) in [6.45, 7) is 9.89. The maximum Gasteiger partial charge on any atom is 0.249 e. The highest BCUT2D eigenvalue weighted by Crippen LogP contribution is 2.58. The number of amides is 3. The highest BCUT2D eigenvalue weighted by atomic mass is 16.5. The zero-order chi connectivity index (χ0) is 25.4. The Hall–Kier alpha value is -2.19. The molecule has 4 aliphatic heterocycles. The molecule has 0 radical (unpaired) electrons. The Morgan fingerprint density at radius 2 is 1.74 bits per heavy atom. The van der Waals surface area contributed by atoms with Gasteiger partial charge in [0.05, 0.1) is 17.4 Å². The normalized spacial score (nSPS) is 35.2. The Balaban J connectivity index is 1.85. The quantitative estimate of drug-likeness (QED) is 0.503. The first-order chi connectivity index (χ1) is 16.8. The molecule has 0 aliphatic carbocycles. The summed E-state index contributed by atoms with van der Waals surface area (Å²) < 4.78 is 6.92. The van der Waals surface area contributed by atoms with Crippen LogP contribution in [0.4, 0.5) is 0 Å². The van der Waals surface area contributed by atoms with E-state index < -0.39 is 29.1 Å². The number of carbonyl (C=O) groups excluding carboxylic acids is 3. The fourth-order valence-electron chi connectivity index (χ4n) is 6.75. The van der Waals surface area contributed by atoms with Gasteiger partial charge in [-0.1, -0.05) is 51.5 Å². The van der Waals surface area contributed by atoms with Crippen molar-refractivity contribution < 1.29 is 24.2 Å². The van der Waals surface area contributed by atoms with E-state index in [0.717, 1.165) is 19.3 Å². The van der Waals surface area contributed by atoms with Crippen LogP contribution in [0.25, 0.3) is 0 Å². The van der Waals surface area contributed by atoms with E-state index in [0.29, 0.717) is 32.5 Å². The number of fused-ring (bicyclic) bond motifs is 2. The van der Waals surface area contributed by atoms with Gasteiger partial charge in [-0.05, 0) is 32.6 Å². The molecular formula is C27H41N3O5. The second-order valence-corrected chi connectivity index (χ2v) is 10.4. The van der Waals surface area contributed by atoms with E-state index in [9.17, 15) is 19.5 Å². The second-order valence-electron chi connectivity index (χ2n) is 10.4. The van der Waals surface area contributed by atoms with Crippen molar-refractivity contribution >= 4 is 17.7 Å². The fraction of sp³-hybridized carbons (Fsp3) is 0.741. The number of aliphatic hydroxyl groups excluding tert-OH is 1. The summed E-state index contributed by atoms with van der Waals surface area (Å²) in [5, 5.41) is 9.53. The minimum atomic E-state index is -1.21. The van der Waals surface area contributed by atoms with Crippen molar-refractivity contribution in [1.29, 1.82) is 0 Å². The van der Waals surface area contributed by atoms with Crippen LogP contribution in [0.2, 0.25) is 0 Å². The Morgan fingerprint density at radius 3 is 2.40 bits per heavy atom. The van der Waals surface area contributed by atoms with Crippen LogP contribution in [0, 0.1) is 11.8 Å². The molecule has 0 bridgehead atoms. The van der Waals surface area contributed by atoms with Crippen LogP contribution < -0.4 is 0 Å². The topological polar surface area (TPSA) is 90.4 Å². The molecule has 0 aromatic rings. The lowest BCUT2D eigenvalue weighted by molar-refractivity contribution is -0.155. The lowest BCUT2D eigenvalue weighted by atomic mass is 9.73. The monoisotopic (exact) mass is 487 g/mol. The molecular weight excluding hydrogens is 446 g/mol. The van der Waals surface area contributed by atoms with E-state index in [-0.39, 0.29) is 36.9 Å². The molecule has 1 N–H and O–H groups in total. The number of aliphatic hydroxyl groups is 1. The average Bonchev–Trinajstić information content (AvgIpc) is 3.12. The Labute approximate surface area is 208 Å². The molecule has 8 heteroatoms. The number of ether oxygens (including phenoxy) is 1. The van der Waals surface area contributed by atoms with E-state index in [1.807, 2.05) is 54.9 Å². The summed E-state index contributed by atoms with van der Waals surface area (Å²) in [5.41, 5.74) is -2.14. The first-order valence-electron chi connectivity index (χ1n) is 13.4. The van der Waals surface area contributed by atoms with Gasteiger partial charge < -0.3 is 24.5 Å². The predicted octanol–water partition coefficient (Wildman–Crippen LogP) is 2.13. The number of carbonyl (C=O) groups is 3. The van der Waals surface area contributed by atoms with Gasteiger partial charge in [-0.2, -0.15) is 0 Å². The van der Waals surface area contributed by atoms with Crippen LogP contribution in [0.15, 0.2) is 24.3 Å². The number of hydrogen-bond acceptors (Lipinski definition) is 5. The maximum atomic E-state index is 14.2. The van der Waals surface area contributed by atoms with Crippen LogP contribution >= 0.6 is 0 Å². The van der Waals surface area contributed by atoms with Crippen molar-refractivity contribution in [1.82, 2.24) is 14.7 Å². The van der Waals surface area contributed by atoms with Crippen LogP contribution in [-0.4, -0.2) is 93.6 Å². The first kappa shape index (κ1) is 25.9. The van der Waals surface area contributed by atoms with Crippen LogP contribution in [0.3, 0.4) is 0 Å². The number of hydrogen-bond donors (Lipinski definition) is 1. The Bertz CT molecular complexity index is 903. The lowest BCUT2D eigenvalue weighted by Gasteiger charge is -2.39. The molecule has 3 amide bonds. The summed E-state index contributed by atoms with van der Waals surface area (Å²) in [7, 11) is 0. The zero-order valence-corrected chi connectivity index (χ0v) is 21.6. The third kappa shape index (κ3) is 3.93. The van der Waals surface area contributed by atoms with Gasteiger partial charge in [-0.15, -0.1) is 0 Å². The van der Waals surface area contributed by atoms with E-state index in [1.165, 1.54) is 0 Å². The van der Waals surface area contributed by atoms with E-state index >= 15 is 0 Å². The van der Waals surface area contributed by atoms with Gasteiger partial charge in [-0.25, -0.2) is 0 Å². The molecule has 6 atom stereocenters. The molecule has 35 heavy (non-hydrogen) atoms. The summed E-state index contributed by atoms with van der Waals surface area (Å²) in [4.78, 5) is 47.5. The van der Waals surface area contributed by atoms with Gasteiger partial charge >= 0.3 is 0 Å². The third-order valence-corrected chi connectivity index (χ3v) is 8.34. The number of nitrogens with zero attached hydrogens (tertiary/aromatic N) is 3. The largest absolute Gasteiger partial charge is 0.396 e. The fourth-order valence-corrected chi connectivity index (χ4v) is 6.75. The van der Waals surface area contributed by atoms with Crippen molar-refractivity contribution in [3.63, 3.8) is 0 Å². The molecule has 1 spiro atoms. The zero-order valence-electron chi connectivity index (χ0n) is 21.6. The van der Waals surface area contributed by atoms with E-state index in [2.05, 4.69) is 6.92 Å². The summed E-state index contributed by atoms with van der Waals surface area (Å²) in [5.74, 6) is -1.88. The van der Waals surface area contributed by atoms with Gasteiger partial charge in [0, 0.05) is 38.8 Å². The second kappa shape index (κ2) is 10.1. The molecule has 2 fully saturated rings. The van der Waals surface area contributed by atoms with Crippen LogP contribution in [0.1, 0.15) is 59.8 Å². The van der Waals surface area contributed by atoms with Crippen molar-refractivity contribution in [3.8, 4) is 0 Å². The van der Waals surface area contributed by atoms with Gasteiger partial charge in [-0.3, -0.25) is 14.4 Å². The highest BCUT2D eigenvalue weighted by Gasteiger charge is 2.75. The molecule has 0 aromatic heterocycles. The minimum absolute atomic E-state index is 0.0229. The summed E-state index contributed by atoms with van der Waals surface area (Å²) >= 11 is 0. The van der Waals surface area contributed by atoms with Gasteiger partial charge in [0.2, 0.25) is 17.7 Å². The van der Waals surface area contributed by atoms with E-state index in [4.69, 9.17) is 4.74 Å². The molecule has 4 rings (SSSR count). The lowest BCUT2D eigenvalue weighted by Crippen LogP contribution is -2.57. The first-order valence-corrected chi connectivity index (χ1v) is 13.4. The SMILES string of the molecule is CCCC(C)N1CC=C[C@]23O[C@]4(CC)C=CCN(CCC)C(=O)[C@@H]4[C@H]2C(=O)N(CCCO)C3C1=O. The molecule has 0 aromatic carbocycles. The van der Waals surface area contributed by atoms with Crippen molar-refractivity contribution in [2.75, 3.05) is 32.8 Å². The maximum absolute atomic E-state index is 14.2. The van der Waals surface area contributed by atoms with Crippen LogP contribution in [0.5, 0.6) is 0 Å². The molecule has 4 aliphatic rings. The average molecular weight is 488 g/mol. The van der Waals surface area contributed by atoms with Crippen LogP contribution in [-0.2, 0) is 19.1 Å². The number of rotatable bonds is 9. The van der Waals surface area contributed by atoms with Crippen molar-refractivity contribution in [3.05, 3.63) is 24.3 Å². The van der Waals surface area contributed by atoms with E-state index in [1.54, 1.807) is 4.90 Å². The third-order valence-electron chi connectivity index (χ3n) is 8.34. The molecule has 194 valence electrons. The standard InChI is InChI=1S/C27H41N3O5/c1-5-11-19(4)29-16-9-13-27-21(24(33)30(17-10-18-31)22(27)25(29)34)20-23(32)28(14-6-2)15-8-12-26(20,7-3)35-27/h8-9,12-13,19-22,31H,5-7,10-11,14-18H2,1-4H3/t19?,20-,21-,22?,26+,27-/m0/s1. The highest BCUT2D eigenvalue weighted by molar-refractivity contribution is 6.00. The Kier molecular flexibility index (Phi) is 7.44. The molecule has 0 saturated carbocycles. The molecule has 2 saturated heterocycles. The molecule has 4 heterocycles. The molecule has 2 unspecified atom stereocenters. The van der Waals surface area contributed by atoms with Gasteiger partial charge in [0.15, 0.2) is 0 Å². The van der Waals surface area contributed by atoms with Gasteiger partial charge in [0.25, 0.3) is 0 Å². The minimum Gasteiger partial charge on any atom is -0.396 e.